The van der Waals surface area contributed by atoms with Crippen molar-refractivity contribution in [2.24, 2.45) is 7.05 Å². The number of halogens is 2. The first-order chi connectivity index (χ1) is 12.0. The normalized spacial score (nSPS) is 15.3. The summed E-state index contributed by atoms with van der Waals surface area (Å²) in [6, 6.07) is 7.33. The second-order valence-electron chi connectivity index (χ2n) is 5.86. The fourth-order valence-corrected chi connectivity index (χ4v) is 3.39. The van der Waals surface area contributed by atoms with Gasteiger partial charge in [-0.3, -0.25) is 9.48 Å². The molecule has 0 saturated carbocycles. The second-order valence-corrected chi connectivity index (χ2v) is 7.05. The Morgan fingerprint density at radius 1 is 1.28 bits per heavy atom. The van der Waals surface area contributed by atoms with Crippen molar-refractivity contribution in [1.29, 1.82) is 0 Å². The molecule has 134 valence electrons. The summed E-state index contributed by atoms with van der Waals surface area (Å²) in [5.41, 5.74) is 0.460. The van der Waals surface area contributed by atoms with Crippen LogP contribution in [0.3, 0.4) is 0 Å². The van der Waals surface area contributed by atoms with Gasteiger partial charge in [-0.15, -0.1) is 5.10 Å². The molecule has 0 atom stereocenters. The van der Waals surface area contributed by atoms with Gasteiger partial charge in [-0.1, -0.05) is 11.6 Å². The molecule has 1 amide bonds. The van der Waals surface area contributed by atoms with Crippen molar-refractivity contribution >= 4 is 33.4 Å². The highest BCUT2D eigenvalue weighted by Crippen LogP contribution is 2.29. The van der Waals surface area contributed by atoms with E-state index in [2.05, 4.69) is 21.0 Å². The molecule has 2 aromatic rings. The van der Waals surface area contributed by atoms with Gasteiger partial charge in [0, 0.05) is 38.0 Å². The third-order valence-corrected chi connectivity index (χ3v) is 5.36. The number of hydrogen-bond donors (Lipinski definition) is 0. The summed E-state index contributed by atoms with van der Waals surface area (Å²) in [7, 11) is 3.27. The lowest BCUT2D eigenvalue weighted by atomic mass is 10.1. The molecule has 1 fully saturated rings. The topological polar surface area (TPSA) is 56.6 Å². The number of likely N-dealkylation sites (tertiary alicyclic amines) is 1. The predicted molar refractivity (Wildman–Crippen MR) is 98.5 cm³/mol. The molecule has 3 rings (SSSR count). The van der Waals surface area contributed by atoms with Crippen LogP contribution in [0.4, 0.5) is 0 Å². The van der Waals surface area contributed by atoms with E-state index in [-0.39, 0.29) is 12.0 Å². The highest BCUT2D eigenvalue weighted by Gasteiger charge is 2.30. The summed E-state index contributed by atoms with van der Waals surface area (Å²) in [4.78, 5) is 14.6. The van der Waals surface area contributed by atoms with Crippen molar-refractivity contribution in [3.63, 3.8) is 0 Å². The highest BCUT2D eigenvalue weighted by molar-refractivity contribution is 9.10. The lowest BCUT2D eigenvalue weighted by Crippen LogP contribution is -2.41. The summed E-state index contributed by atoms with van der Waals surface area (Å²) in [5, 5.41) is 4.87. The van der Waals surface area contributed by atoms with Crippen molar-refractivity contribution in [3.8, 4) is 11.6 Å². The van der Waals surface area contributed by atoms with E-state index in [1.807, 2.05) is 29.2 Å². The van der Waals surface area contributed by atoms with E-state index in [1.165, 1.54) is 7.11 Å². The zero-order valence-electron chi connectivity index (χ0n) is 14.0. The maximum absolute atomic E-state index is 12.8. The van der Waals surface area contributed by atoms with E-state index >= 15 is 0 Å². The number of piperidine rings is 1. The maximum atomic E-state index is 12.8. The quantitative estimate of drug-likeness (QED) is 0.747. The molecule has 8 heteroatoms. The van der Waals surface area contributed by atoms with Crippen LogP contribution < -0.4 is 9.47 Å². The van der Waals surface area contributed by atoms with E-state index in [0.717, 1.165) is 18.6 Å². The molecular formula is C17H19BrClN3O3. The Bertz CT molecular complexity index is 755. The smallest absolute Gasteiger partial charge is 0.262 e. The van der Waals surface area contributed by atoms with Crippen LogP contribution in [0.1, 0.15) is 23.2 Å². The fraction of sp³-hybridized carbons (Fsp3) is 0.412. The molecule has 1 aliphatic heterocycles. The Morgan fingerprint density at radius 3 is 2.52 bits per heavy atom. The Labute approximate surface area is 159 Å². The number of aryl methyl sites for hydroxylation is 1. The van der Waals surface area contributed by atoms with Crippen LogP contribution in [0.25, 0.3) is 0 Å². The minimum atomic E-state index is -0.0817. The molecule has 1 saturated heterocycles. The van der Waals surface area contributed by atoms with Gasteiger partial charge >= 0.3 is 0 Å². The van der Waals surface area contributed by atoms with Gasteiger partial charge in [-0.2, -0.15) is 0 Å². The first-order valence-corrected chi connectivity index (χ1v) is 9.14. The van der Waals surface area contributed by atoms with Crippen LogP contribution in [-0.2, 0) is 7.05 Å². The third kappa shape index (κ3) is 3.93. The summed E-state index contributed by atoms with van der Waals surface area (Å²) < 4.78 is 13.4. The number of nitrogens with zero attached hydrogens (tertiary/aromatic N) is 3. The number of carbonyl (C=O) groups excluding carboxylic acids is 1. The number of benzene rings is 1. The van der Waals surface area contributed by atoms with Crippen molar-refractivity contribution in [2.45, 2.75) is 18.9 Å². The van der Waals surface area contributed by atoms with E-state index in [0.29, 0.717) is 34.2 Å². The molecule has 25 heavy (non-hydrogen) atoms. The Hall–Kier alpha value is -1.73. The monoisotopic (exact) mass is 427 g/mol. The Morgan fingerprint density at radius 2 is 1.92 bits per heavy atom. The van der Waals surface area contributed by atoms with Crippen LogP contribution in [-0.4, -0.2) is 46.9 Å². The Balaban J connectivity index is 1.62. The van der Waals surface area contributed by atoms with E-state index in [1.54, 1.807) is 11.7 Å². The zero-order chi connectivity index (χ0) is 18.0. The third-order valence-electron chi connectivity index (χ3n) is 4.20. The fourth-order valence-electron chi connectivity index (χ4n) is 2.84. The van der Waals surface area contributed by atoms with Crippen LogP contribution >= 0.6 is 27.5 Å². The van der Waals surface area contributed by atoms with Gasteiger partial charge in [0.1, 0.15) is 22.0 Å². The van der Waals surface area contributed by atoms with Gasteiger partial charge in [0.05, 0.1) is 7.11 Å². The first kappa shape index (κ1) is 18.1. The van der Waals surface area contributed by atoms with Gasteiger partial charge in [0.25, 0.3) is 5.91 Å². The molecular weight excluding hydrogens is 410 g/mol. The lowest BCUT2D eigenvalue weighted by molar-refractivity contribution is 0.0591. The number of hydrogen-bond acceptors (Lipinski definition) is 4. The lowest BCUT2D eigenvalue weighted by Gasteiger charge is -2.32. The van der Waals surface area contributed by atoms with Gasteiger partial charge < -0.3 is 14.4 Å². The number of methoxy groups -OCH3 is 1. The number of rotatable bonds is 4. The van der Waals surface area contributed by atoms with Crippen LogP contribution in [0.2, 0.25) is 5.02 Å². The minimum absolute atomic E-state index is 0.0817. The van der Waals surface area contributed by atoms with E-state index < -0.39 is 0 Å². The number of ether oxygens (including phenoxy) is 2. The molecule has 1 aliphatic rings. The Kier molecular flexibility index (Phi) is 5.54. The summed E-state index contributed by atoms with van der Waals surface area (Å²) in [6.07, 6.45) is 1.63. The van der Waals surface area contributed by atoms with Crippen molar-refractivity contribution in [3.05, 3.63) is 39.5 Å². The molecule has 0 bridgehead atoms. The number of carbonyl (C=O) groups is 1. The average molecular weight is 429 g/mol. The SMILES string of the molecule is COc1nn(C)c(Br)c1C(=O)N1CCC(Oc2ccc(Cl)cc2)CC1. The van der Waals surface area contributed by atoms with Crippen LogP contribution in [0.15, 0.2) is 28.9 Å². The highest BCUT2D eigenvalue weighted by atomic mass is 79.9. The van der Waals surface area contributed by atoms with Crippen molar-refractivity contribution in [2.75, 3.05) is 20.2 Å². The van der Waals surface area contributed by atoms with Gasteiger partial charge in [-0.25, -0.2) is 0 Å². The van der Waals surface area contributed by atoms with E-state index in [4.69, 9.17) is 21.1 Å². The molecule has 0 spiro atoms. The average Bonchev–Trinajstić information content (AvgIpc) is 2.91. The van der Waals surface area contributed by atoms with Gasteiger partial charge in [-0.05, 0) is 40.2 Å². The largest absolute Gasteiger partial charge is 0.490 e. The first-order valence-electron chi connectivity index (χ1n) is 7.97. The molecule has 0 aliphatic carbocycles. The standard InChI is InChI=1S/C17H19BrClN3O3/c1-21-15(18)14(16(20-21)24-2)17(23)22-9-7-13(8-10-22)25-12-5-3-11(19)4-6-12/h3-6,13H,7-10H2,1-2H3. The predicted octanol–water partition coefficient (Wildman–Crippen LogP) is 3.53. The van der Waals surface area contributed by atoms with Crippen molar-refractivity contribution in [1.82, 2.24) is 14.7 Å². The minimum Gasteiger partial charge on any atom is -0.490 e. The summed E-state index contributed by atoms with van der Waals surface area (Å²) in [5.74, 6) is 1.05. The molecule has 6 nitrogen and oxygen atoms in total. The summed E-state index contributed by atoms with van der Waals surface area (Å²) >= 11 is 9.29. The van der Waals surface area contributed by atoms with Gasteiger partial charge in [0.2, 0.25) is 5.88 Å². The number of amides is 1. The second kappa shape index (κ2) is 7.66. The van der Waals surface area contributed by atoms with E-state index in [9.17, 15) is 4.79 Å². The number of aromatic nitrogens is 2. The maximum Gasteiger partial charge on any atom is 0.262 e. The molecule has 1 aromatic carbocycles. The molecule has 0 radical (unpaired) electrons. The zero-order valence-corrected chi connectivity index (χ0v) is 16.4. The van der Waals surface area contributed by atoms with Crippen LogP contribution in [0, 0.1) is 0 Å². The molecule has 0 N–H and O–H groups in total. The summed E-state index contributed by atoms with van der Waals surface area (Å²) in [6.45, 7) is 1.25. The van der Waals surface area contributed by atoms with Crippen molar-refractivity contribution < 1.29 is 14.3 Å². The molecule has 1 aromatic heterocycles. The molecule has 2 heterocycles. The van der Waals surface area contributed by atoms with Crippen LogP contribution in [0.5, 0.6) is 11.6 Å². The van der Waals surface area contributed by atoms with Gasteiger partial charge in [0.15, 0.2) is 0 Å². The molecule has 0 unspecified atom stereocenters.